The molecule has 3 nitrogen and oxygen atoms in total. The fourth-order valence-electron chi connectivity index (χ4n) is 4.87. The fraction of sp³-hybridized carbons (Fsp3) is 0.944. The second kappa shape index (κ2) is 4.97. The molecule has 118 valence electrons. The van der Waals surface area contributed by atoms with Gasteiger partial charge >= 0.3 is 0 Å². The van der Waals surface area contributed by atoms with Gasteiger partial charge in [0.2, 0.25) is 5.91 Å². The molecule has 3 saturated carbocycles. The van der Waals surface area contributed by atoms with E-state index in [9.17, 15) is 4.79 Å². The zero-order chi connectivity index (χ0) is 14.6. The van der Waals surface area contributed by atoms with E-state index in [1.807, 2.05) is 0 Å². The molecule has 0 bridgehead atoms. The van der Waals surface area contributed by atoms with Crippen LogP contribution in [0.5, 0.6) is 0 Å². The fourth-order valence-corrected chi connectivity index (χ4v) is 4.87. The maximum absolute atomic E-state index is 12.9. The first-order valence-corrected chi connectivity index (χ1v) is 9.17. The molecular formula is C18H30N2O. The van der Waals surface area contributed by atoms with E-state index in [1.54, 1.807) is 0 Å². The average Bonchev–Trinajstić information content (AvgIpc) is 3.34. The first-order valence-electron chi connectivity index (χ1n) is 9.17. The number of nitrogens with zero attached hydrogens (tertiary/aromatic N) is 1. The lowest BCUT2D eigenvalue weighted by Gasteiger charge is -2.32. The Morgan fingerprint density at radius 1 is 1.19 bits per heavy atom. The second-order valence-electron chi connectivity index (χ2n) is 8.48. The predicted octanol–water partition coefficient (Wildman–Crippen LogP) is 3.15. The number of hydrogen-bond donors (Lipinski definition) is 1. The number of hydrogen-bond acceptors (Lipinski definition) is 2. The number of nitrogens with one attached hydrogen (secondary N) is 1. The van der Waals surface area contributed by atoms with E-state index in [2.05, 4.69) is 24.1 Å². The van der Waals surface area contributed by atoms with Crippen molar-refractivity contribution < 1.29 is 4.79 Å². The van der Waals surface area contributed by atoms with Crippen LogP contribution in [-0.2, 0) is 4.79 Å². The average molecular weight is 290 g/mol. The minimum Gasteiger partial charge on any atom is -0.325 e. The quantitative estimate of drug-likeness (QED) is 0.843. The Morgan fingerprint density at radius 3 is 2.38 bits per heavy atom. The van der Waals surface area contributed by atoms with Gasteiger partial charge in [-0.3, -0.25) is 10.1 Å². The van der Waals surface area contributed by atoms with Crippen molar-refractivity contribution in [2.45, 2.75) is 77.4 Å². The molecule has 1 amide bonds. The summed E-state index contributed by atoms with van der Waals surface area (Å²) in [5.74, 6) is 2.44. The van der Waals surface area contributed by atoms with E-state index in [-0.39, 0.29) is 6.04 Å². The van der Waals surface area contributed by atoms with Crippen LogP contribution in [0.25, 0.3) is 0 Å². The lowest BCUT2D eigenvalue weighted by Crippen LogP contribution is -2.45. The van der Waals surface area contributed by atoms with Crippen molar-refractivity contribution in [1.29, 1.82) is 0 Å². The molecule has 0 aromatic carbocycles. The summed E-state index contributed by atoms with van der Waals surface area (Å²) in [6.45, 7) is 5.41. The molecule has 0 aromatic heterocycles. The van der Waals surface area contributed by atoms with Crippen molar-refractivity contribution in [3.05, 3.63) is 0 Å². The van der Waals surface area contributed by atoms with E-state index in [4.69, 9.17) is 0 Å². The zero-order valence-corrected chi connectivity index (χ0v) is 13.6. The summed E-state index contributed by atoms with van der Waals surface area (Å²) in [5, 5.41) is 3.72. The molecule has 3 aliphatic carbocycles. The summed E-state index contributed by atoms with van der Waals surface area (Å²) >= 11 is 0. The van der Waals surface area contributed by atoms with E-state index >= 15 is 0 Å². The number of carbonyl (C=O) groups is 1. The molecule has 3 heteroatoms. The van der Waals surface area contributed by atoms with E-state index in [0.717, 1.165) is 12.5 Å². The van der Waals surface area contributed by atoms with Crippen LogP contribution in [0.15, 0.2) is 0 Å². The highest BCUT2D eigenvalue weighted by Gasteiger charge is 2.57. The molecule has 21 heavy (non-hydrogen) atoms. The molecule has 4 aliphatic rings. The van der Waals surface area contributed by atoms with Gasteiger partial charge in [-0.15, -0.1) is 0 Å². The van der Waals surface area contributed by atoms with Gasteiger partial charge in [-0.1, -0.05) is 26.7 Å². The molecule has 2 atom stereocenters. The van der Waals surface area contributed by atoms with Crippen molar-refractivity contribution in [1.82, 2.24) is 10.2 Å². The Morgan fingerprint density at radius 2 is 1.86 bits per heavy atom. The van der Waals surface area contributed by atoms with Crippen LogP contribution < -0.4 is 5.32 Å². The summed E-state index contributed by atoms with van der Waals surface area (Å²) in [5.41, 5.74) is 0.528. The lowest BCUT2D eigenvalue weighted by atomic mass is 9.97. The molecule has 1 heterocycles. The predicted molar refractivity (Wildman–Crippen MR) is 83.6 cm³/mol. The molecule has 2 unspecified atom stereocenters. The third-order valence-corrected chi connectivity index (χ3v) is 6.57. The second-order valence-corrected chi connectivity index (χ2v) is 8.48. The highest BCUT2D eigenvalue weighted by Crippen LogP contribution is 2.62. The first-order chi connectivity index (χ1) is 10.1. The lowest BCUT2D eigenvalue weighted by molar-refractivity contribution is -0.132. The highest BCUT2D eigenvalue weighted by molar-refractivity contribution is 5.84. The van der Waals surface area contributed by atoms with Crippen LogP contribution in [0.1, 0.15) is 65.2 Å². The van der Waals surface area contributed by atoms with Crippen molar-refractivity contribution in [2.75, 3.05) is 6.54 Å². The van der Waals surface area contributed by atoms with Crippen LogP contribution >= 0.6 is 0 Å². The van der Waals surface area contributed by atoms with Crippen molar-refractivity contribution in [3.8, 4) is 0 Å². The summed E-state index contributed by atoms with van der Waals surface area (Å²) in [6, 6.07) is 0.0607. The summed E-state index contributed by atoms with van der Waals surface area (Å²) in [7, 11) is 0. The van der Waals surface area contributed by atoms with Gasteiger partial charge < -0.3 is 4.90 Å². The molecular weight excluding hydrogens is 260 g/mol. The van der Waals surface area contributed by atoms with Crippen molar-refractivity contribution in [2.24, 2.45) is 23.2 Å². The van der Waals surface area contributed by atoms with Gasteiger partial charge in [-0.25, -0.2) is 0 Å². The molecule has 1 aliphatic heterocycles. The third-order valence-electron chi connectivity index (χ3n) is 6.57. The molecule has 1 N–H and O–H groups in total. The van der Waals surface area contributed by atoms with Crippen LogP contribution in [0.2, 0.25) is 0 Å². The third kappa shape index (κ3) is 2.42. The molecule has 0 radical (unpaired) electrons. The van der Waals surface area contributed by atoms with E-state index in [0.29, 0.717) is 29.3 Å². The van der Waals surface area contributed by atoms with Crippen LogP contribution in [0, 0.1) is 23.2 Å². The number of rotatable bonds is 5. The summed E-state index contributed by atoms with van der Waals surface area (Å²) < 4.78 is 0. The Labute approximate surface area is 128 Å². The summed E-state index contributed by atoms with van der Waals surface area (Å²) in [4.78, 5) is 15.2. The SMILES string of the molecule is CC(C)C1NC(C2CCCC2)N(CC2(C3CC3)CC2)C1=O. The zero-order valence-electron chi connectivity index (χ0n) is 13.6. The molecule has 0 spiro atoms. The monoisotopic (exact) mass is 290 g/mol. The maximum Gasteiger partial charge on any atom is 0.241 e. The first kappa shape index (κ1) is 14.0. The van der Waals surface area contributed by atoms with Gasteiger partial charge in [0.1, 0.15) is 0 Å². The van der Waals surface area contributed by atoms with Gasteiger partial charge in [-0.2, -0.15) is 0 Å². The Hall–Kier alpha value is -0.570. The maximum atomic E-state index is 12.9. The Bertz CT molecular complexity index is 419. The van der Waals surface area contributed by atoms with E-state index < -0.39 is 0 Å². The smallest absolute Gasteiger partial charge is 0.241 e. The van der Waals surface area contributed by atoms with Gasteiger partial charge in [0.05, 0.1) is 12.2 Å². The highest BCUT2D eigenvalue weighted by atomic mass is 16.2. The van der Waals surface area contributed by atoms with Crippen molar-refractivity contribution >= 4 is 5.91 Å². The van der Waals surface area contributed by atoms with Crippen LogP contribution in [-0.4, -0.2) is 29.6 Å². The molecule has 4 rings (SSSR count). The van der Waals surface area contributed by atoms with Gasteiger partial charge in [-0.05, 0) is 61.7 Å². The van der Waals surface area contributed by atoms with Gasteiger partial charge in [0.25, 0.3) is 0 Å². The minimum atomic E-state index is 0.0607. The normalized spacial score (nSPS) is 36.0. The molecule has 1 saturated heterocycles. The summed E-state index contributed by atoms with van der Waals surface area (Å²) in [6.07, 6.45) is 11.2. The van der Waals surface area contributed by atoms with Gasteiger partial charge in [0, 0.05) is 6.54 Å². The minimum absolute atomic E-state index is 0.0607. The van der Waals surface area contributed by atoms with Gasteiger partial charge in [0.15, 0.2) is 0 Å². The largest absolute Gasteiger partial charge is 0.325 e. The Balaban J connectivity index is 1.53. The number of amides is 1. The number of carbonyl (C=O) groups excluding carboxylic acids is 1. The van der Waals surface area contributed by atoms with Crippen LogP contribution in [0.4, 0.5) is 0 Å². The molecule has 0 aromatic rings. The topological polar surface area (TPSA) is 32.3 Å². The standard InChI is InChI=1S/C18H30N2O/c1-12(2)15-17(21)20(11-18(9-10-18)14-7-8-14)16(19-15)13-5-3-4-6-13/h12-16,19H,3-11H2,1-2H3. The van der Waals surface area contributed by atoms with Crippen molar-refractivity contribution in [3.63, 3.8) is 0 Å². The van der Waals surface area contributed by atoms with E-state index in [1.165, 1.54) is 51.4 Å². The van der Waals surface area contributed by atoms with Crippen LogP contribution in [0.3, 0.4) is 0 Å². The molecule has 4 fully saturated rings. The Kier molecular flexibility index (Phi) is 3.33.